The van der Waals surface area contributed by atoms with Crippen molar-refractivity contribution in [2.45, 2.75) is 6.54 Å². The lowest BCUT2D eigenvalue weighted by molar-refractivity contribution is 0.0601. The summed E-state index contributed by atoms with van der Waals surface area (Å²) in [7, 11) is 1.36. The zero-order chi connectivity index (χ0) is 15.4. The lowest BCUT2D eigenvalue weighted by atomic mass is 10.1. The maximum Gasteiger partial charge on any atom is 0.340 e. The van der Waals surface area contributed by atoms with E-state index in [0.29, 0.717) is 17.8 Å². The van der Waals surface area contributed by atoms with Crippen LogP contribution in [0, 0.1) is 0 Å². The minimum absolute atomic E-state index is 0.401. The standard InChI is InChI=1S/C14H11Br3N2O2/c1-21-14(20)10-5-8(15)6-11(16)13(10)18-7-9-3-2-4-12(17)19-9/h2-6,18H,7H2,1H3. The van der Waals surface area contributed by atoms with Crippen molar-refractivity contribution < 1.29 is 9.53 Å². The number of hydrogen-bond donors (Lipinski definition) is 1. The molecule has 0 amide bonds. The fourth-order valence-electron chi connectivity index (χ4n) is 1.75. The Kier molecular flexibility index (Phi) is 5.78. The number of esters is 1. The van der Waals surface area contributed by atoms with Gasteiger partial charge in [-0.05, 0) is 56.1 Å². The molecule has 0 fully saturated rings. The van der Waals surface area contributed by atoms with Gasteiger partial charge in [0.15, 0.2) is 0 Å². The van der Waals surface area contributed by atoms with E-state index in [9.17, 15) is 4.79 Å². The number of carbonyl (C=O) groups excluding carboxylic acids is 1. The van der Waals surface area contributed by atoms with Crippen LogP contribution < -0.4 is 5.32 Å². The maximum atomic E-state index is 11.9. The van der Waals surface area contributed by atoms with Crippen molar-refractivity contribution >= 4 is 59.4 Å². The van der Waals surface area contributed by atoms with Crippen molar-refractivity contribution in [2.24, 2.45) is 0 Å². The molecule has 0 saturated heterocycles. The van der Waals surface area contributed by atoms with Crippen LogP contribution in [0.4, 0.5) is 5.69 Å². The van der Waals surface area contributed by atoms with Crippen LogP contribution in [-0.2, 0) is 11.3 Å². The first-order valence-corrected chi connectivity index (χ1v) is 8.32. The van der Waals surface area contributed by atoms with Crippen molar-refractivity contribution in [3.63, 3.8) is 0 Å². The van der Waals surface area contributed by atoms with Gasteiger partial charge in [0.2, 0.25) is 0 Å². The summed E-state index contributed by atoms with van der Waals surface area (Å²) in [5.74, 6) is -0.401. The van der Waals surface area contributed by atoms with Crippen molar-refractivity contribution in [1.82, 2.24) is 4.98 Å². The summed E-state index contributed by atoms with van der Waals surface area (Å²) in [4.78, 5) is 16.2. The minimum Gasteiger partial charge on any atom is -0.465 e. The highest BCUT2D eigenvalue weighted by molar-refractivity contribution is 9.11. The highest BCUT2D eigenvalue weighted by Crippen LogP contribution is 2.31. The van der Waals surface area contributed by atoms with E-state index in [4.69, 9.17) is 4.74 Å². The molecule has 7 heteroatoms. The fraction of sp³-hybridized carbons (Fsp3) is 0.143. The first kappa shape index (κ1) is 16.5. The third-order valence-corrected chi connectivity index (χ3v) is 4.20. The first-order valence-electron chi connectivity index (χ1n) is 5.94. The van der Waals surface area contributed by atoms with Gasteiger partial charge in [-0.1, -0.05) is 22.0 Å². The Morgan fingerprint density at radius 3 is 2.71 bits per heavy atom. The summed E-state index contributed by atoms with van der Waals surface area (Å²) in [6.45, 7) is 0.490. The summed E-state index contributed by atoms with van der Waals surface area (Å²) < 4.78 is 7.15. The lowest BCUT2D eigenvalue weighted by Crippen LogP contribution is -2.10. The number of nitrogens with one attached hydrogen (secondary N) is 1. The monoisotopic (exact) mass is 476 g/mol. The molecule has 0 aliphatic carbocycles. The van der Waals surface area contributed by atoms with Gasteiger partial charge in [0, 0.05) is 8.95 Å². The van der Waals surface area contributed by atoms with Gasteiger partial charge in [0.05, 0.1) is 30.6 Å². The molecule has 110 valence electrons. The second-order valence-electron chi connectivity index (χ2n) is 4.11. The molecule has 0 radical (unpaired) electrons. The van der Waals surface area contributed by atoms with Gasteiger partial charge in [0.25, 0.3) is 0 Å². The molecule has 2 rings (SSSR count). The van der Waals surface area contributed by atoms with Gasteiger partial charge in [-0.3, -0.25) is 0 Å². The predicted octanol–water partition coefficient (Wildman–Crippen LogP) is 4.77. The lowest BCUT2D eigenvalue weighted by Gasteiger charge is -2.13. The van der Waals surface area contributed by atoms with E-state index in [1.54, 1.807) is 6.07 Å². The molecular formula is C14H11Br3N2O2. The van der Waals surface area contributed by atoms with Gasteiger partial charge in [0.1, 0.15) is 4.60 Å². The smallest absolute Gasteiger partial charge is 0.340 e. The second kappa shape index (κ2) is 7.38. The third kappa shape index (κ3) is 4.28. The maximum absolute atomic E-state index is 11.9. The normalized spacial score (nSPS) is 10.3. The summed E-state index contributed by atoms with van der Waals surface area (Å²) in [5, 5.41) is 3.22. The SMILES string of the molecule is COC(=O)c1cc(Br)cc(Br)c1NCc1cccc(Br)n1. The van der Waals surface area contributed by atoms with Gasteiger partial charge in [-0.25, -0.2) is 9.78 Å². The van der Waals surface area contributed by atoms with Crippen molar-refractivity contribution in [3.05, 3.63) is 55.1 Å². The Labute approximate surface area is 147 Å². The number of pyridine rings is 1. The van der Waals surface area contributed by atoms with E-state index in [1.165, 1.54) is 7.11 Å². The number of aromatic nitrogens is 1. The Morgan fingerprint density at radius 2 is 2.05 bits per heavy atom. The van der Waals surface area contributed by atoms with Crippen molar-refractivity contribution in [1.29, 1.82) is 0 Å². The van der Waals surface area contributed by atoms with Crippen LogP contribution in [0.5, 0.6) is 0 Å². The van der Waals surface area contributed by atoms with Crippen molar-refractivity contribution in [3.8, 4) is 0 Å². The molecule has 1 heterocycles. The molecule has 2 aromatic rings. The number of benzene rings is 1. The molecule has 0 unspecified atom stereocenters. The van der Waals surface area contributed by atoms with E-state index in [1.807, 2.05) is 24.3 Å². The Bertz CT molecular complexity index is 677. The first-order chi connectivity index (χ1) is 10.0. The van der Waals surface area contributed by atoms with E-state index in [2.05, 4.69) is 58.1 Å². The molecule has 21 heavy (non-hydrogen) atoms. The van der Waals surface area contributed by atoms with Gasteiger partial charge < -0.3 is 10.1 Å². The highest BCUT2D eigenvalue weighted by Gasteiger charge is 2.16. The van der Waals surface area contributed by atoms with Crippen LogP contribution in [0.15, 0.2) is 43.9 Å². The quantitative estimate of drug-likeness (QED) is 0.508. The largest absolute Gasteiger partial charge is 0.465 e. The molecule has 0 bridgehead atoms. The van der Waals surface area contributed by atoms with Crippen LogP contribution in [-0.4, -0.2) is 18.1 Å². The Morgan fingerprint density at radius 1 is 1.29 bits per heavy atom. The molecule has 1 aromatic carbocycles. The molecule has 0 spiro atoms. The van der Waals surface area contributed by atoms with Gasteiger partial charge in [-0.15, -0.1) is 0 Å². The summed E-state index contributed by atoms with van der Waals surface area (Å²) in [6, 6.07) is 9.25. The third-order valence-electron chi connectivity index (χ3n) is 2.68. The van der Waals surface area contributed by atoms with Gasteiger partial charge >= 0.3 is 5.97 Å². The number of nitrogens with zero attached hydrogens (tertiary/aromatic N) is 1. The second-order valence-corrected chi connectivity index (χ2v) is 6.69. The van der Waals surface area contributed by atoms with Crippen molar-refractivity contribution in [2.75, 3.05) is 12.4 Å². The number of anilines is 1. The van der Waals surface area contributed by atoms with E-state index >= 15 is 0 Å². The zero-order valence-electron chi connectivity index (χ0n) is 11.0. The molecular weight excluding hydrogens is 468 g/mol. The molecule has 1 N–H and O–H groups in total. The van der Waals surface area contributed by atoms with Crippen LogP contribution in [0.3, 0.4) is 0 Å². The number of ether oxygens (including phenoxy) is 1. The Hall–Kier alpha value is -0.920. The fourth-order valence-corrected chi connectivity index (χ4v) is 3.50. The highest BCUT2D eigenvalue weighted by atomic mass is 79.9. The molecule has 1 aromatic heterocycles. The summed E-state index contributed by atoms with van der Waals surface area (Å²) >= 11 is 10.2. The number of methoxy groups -OCH3 is 1. The van der Waals surface area contributed by atoms with E-state index in [-0.39, 0.29) is 0 Å². The number of halogens is 3. The van der Waals surface area contributed by atoms with Crippen LogP contribution in [0.1, 0.15) is 16.1 Å². The summed E-state index contributed by atoms with van der Waals surface area (Å²) in [5.41, 5.74) is 1.98. The van der Waals surface area contributed by atoms with Gasteiger partial charge in [-0.2, -0.15) is 0 Å². The summed E-state index contributed by atoms with van der Waals surface area (Å²) in [6.07, 6.45) is 0. The number of carbonyl (C=O) groups is 1. The zero-order valence-corrected chi connectivity index (χ0v) is 15.7. The number of hydrogen-bond acceptors (Lipinski definition) is 4. The molecule has 0 aliphatic heterocycles. The van der Waals surface area contributed by atoms with Crippen LogP contribution >= 0.6 is 47.8 Å². The minimum atomic E-state index is -0.401. The molecule has 0 atom stereocenters. The van der Waals surface area contributed by atoms with Crippen LogP contribution in [0.25, 0.3) is 0 Å². The average Bonchev–Trinajstić information content (AvgIpc) is 2.45. The molecule has 0 aliphatic rings. The Balaban J connectivity index is 2.28. The van der Waals surface area contributed by atoms with E-state index < -0.39 is 5.97 Å². The number of rotatable bonds is 4. The molecule has 0 saturated carbocycles. The average molecular weight is 479 g/mol. The predicted molar refractivity (Wildman–Crippen MR) is 92.4 cm³/mol. The topological polar surface area (TPSA) is 51.2 Å². The van der Waals surface area contributed by atoms with Crippen LogP contribution in [0.2, 0.25) is 0 Å². The van der Waals surface area contributed by atoms with E-state index in [0.717, 1.165) is 19.2 Å². The molecule has 4 nitrogen and oxygen atoms in total.